The summed E-state index contributed by atoms with van der Waals surface area (Å²) < 4.78 is 5.83. The predicted molar refractivity (Wildman–Crippen MR) is 96.9 cm³/mol. The molecule has 126 valence electrons. The molecule has 2 aromatic rings. The maximum atomic E-state index is 12.0. The molecule has 0 heterocycles. The molecule has 0 aliphatic heterocycles. The van der Waals surface area contributed by atoms with Gasteiger partial charge in [-0.05, 0) is 55.7 Å². The number of benzene rings is 2. The lowest BCUT2D eigenvalue weighted by Gasteiger charge is -2.15. The third-order valence-corrected chi connectivity index (χ3v) is 4.30. The molecule has 4 nitrogen and oxygen atoms in total. The fraction of sp³-hybridized carbons (Fsp3) is 0.263. The number of carbonyl (C=O) groups excluding carboxylic acids is 2. The first-order valence-corrected chi connectivity index (χ1v) is 8.45. The molecule has 5 heteroatoms. The van der Waals surface area contributed by atoms with Crippen LogP contribution in [0.3, 0.4) is 0 Å². The molecule has 2 rings (SSSR count). The Morgan fingerprint density at radius 2 is 1.88 bits per heavy atom. The average Bonchev–Trinajstić information content (AvgIpc) is 2.55. The first-order valence-electron chi connectivity index (χ1n) is 7.66. The van der Waals surface area contributed by atoms with E-state index in [1.54, 1.807) is 18.2 Å². The zero-order valence-electron chi connectivity index (χ0n) is 13.9. The topological polar surface area (TPSA) is 55.4 Å². The van der Waals surface area contributed by atoms with Crippen molar-refractivity contribution >= 4 is 27.8 Å². The number of hydrogen-bond acceptors (Lipinski definition) is 3. The second kappa shape index (κ2) is 8.11. The summed E-state index contributed by atoms with van der Waals surface area (Å²) in [6.07, 6.45) is 0. The van der Waals surface area contributed by atoms with Gasteiger partial charge >= 0.3 is 5.97 Å². The van der Waals surface area contributed by atoms with Crippen molar-refractivity contribution in [3.8, 4) is 0 Å². The van der Waals surface area contributed by atoms with Crippen LogP contribution in [0.25, 0.3) is 0 Å². The van der Waals surface area contributed by atoms with Crippen molar-refractivity contribution in [2.45, 2.75) is 26.8 Å². The van der Waals surface area contributed by atoms with E-state index < -0.39 is 5.97 Å². The number of ether oxygens (including phenoxy) is 1. The van der Waals surface area contributed by atoms with E-state index in [-0.39, 0.29) is 18.6 Å². The molecule has 0 unspecified atom stereocenters. The molecular weight excluding hydrogens is 370 g/mol. The molecular formula is C19H20BrNO3. The van der Waals surface area contributed by atoms with Crippen molar-refractivity contribution in [3.63, 3.8) is 0 Å². The van der Waals surface area contributed by atoms with Crippen LogP contribution < -0.4 is 5.32 Å². The average molecular weight is 390 g/mol. The third-order valence-electron chi connectivity index (χ3n) is 3.80. The Labute approximate surface area is 150 Å². The molecule has 24 heavy (non-hydrogen) atoms. The molecule has 0 saturated carbocycles. The van der Waals surface area contributed by atoms with Crippen LogP contribution in [-0.2, 0) is 9.53 Å². The third kappa shape index (κ3) is 4.93. The fourth-order valence-electron chi connectivity index (χ4n) is 2.23. The summed E-state index contributed by atoms with van der Waals surface area (Å²) in [4.78, 5) is 23.9. The van der Waals surface area contributed by atoms with E-state index in [4.69, 9.17) is 4.74 Å². The standard InChI is InChI=1S/C19H20BrNO3/c1-12-7-8-15(9-13(12)2)14(3)21-18(22)11-24-19(23)16-5-4-6-17(20)10-16/h4-10,14H,11H2,1-3H3,(H,21,22)/t14-/m1/s1. The van der Waals surface area contributed by atoms with Crippen LogP contribution in [0.2, 0.25) is 0 Å². The highest BCUT2D eigenvalue weighted by Gasteiger charge is 2.13. The van der Waals surface area contributed by atoms with Gasteiger partial charge in [-0.1, -0.05) is 40.2 Å². The maximum absolute atomic E-state index is 12.0. The highest BCUT2D eigenvalue weighted by molar-refractivity contribution is 9.10. The van der Waals surface area contributed by atoms with Crippen LogP contribution in [0.15, 0.2) is 46.9 Å². The van der Waals surface area contributed by atoms with Crippen molar-refractivity contribution in [1.29, 1.82) is 0 Å². The fourth-order valence-corrected chi connectivity index (χ4v) is 2.63. The molecule has 0 saturated heterocycles. The van der Waals surface area contributed by atoms with Gasteiger partial charge in [0.05, 0.1) is 11.6 Å². The maximum Gasteiger partial charge on any atom is 0.338 e. The number of nitrogens with one attached hydrogen (secondary N) is 1. The number of aryl methyl sites for hydroxylation is 2. The van der Waals surface area contributed by atoms with E-state index in [1.807, 2.05) is 45.0 Å². The van der Waals surface area contributed by atoms with E-state index in [2.05, 4.69) is 21.2 Å². The van der Waals surface area contributed by atoms with Crippen LogP contribution in [0.4, 0.5) is 0 Å². The van der Waals surface area contributed by atoms with Gasteiger partial charge in [-0.2, -0.15) is 0 Å². The molecule has 2 aromatic carbocycles. The molecule has 1 amide bonds. The smallest absolute Gasteiger partial charge is 0.338 e. The molecule has 0 radical (unpaired) electrons. The SMILES string of the molecule is Cc1ccc([C@@H](C)NC(=O)COC(=O)c2cccc(Br)c2)cc1C. The van der Waals surface area contributed by atoms with E-state index >= 15 is 0 Å². The van der Waals surface area contributed by atoms with Crippen LogP contribution in [0.1, 0.15) is 40.0 Å². The van der Waals surface area contributed by atoms with Gasteiger partial charge in [0.2, 0.25) is 0 Å². The Morgan fingerprint density at radius 1 is 1.12 bits per heavy atom. The van der Waals surface area contributed by atoms with E-state index in [9.17, 15) is 9.59 Å². The molecule has 0 aromatic heterocycles. The lowest BCUT2D eigenvalue weighted by atomic mass is 10.0. The molecule has 1 atom stereocenters. The Morgan fingerprint density at radius 3 is 2.54 bits per heavy atom. The predicted octanol–water partition coefficient (Wildman–Crippen LogP) is 4.10. The molecule has 0 fully saturated rings. The van der Waals surface area contributed by atoms with E-state index in [1.165, 1.54) is 11.1 Å². The van der Waals surface area contributed by atoms with Crippen molar-refractivity contribution in [2.75, 3.05) is 6.61 Å². The zero-order valence-corrected chi connectivity index (χ0v) is 15.5. The summed E-state index contributed by atoms with van der Waals surface area (Å²) in [5.74, 6) is -0.852. The second-order valence-electron chi connectivity index (χ2n) is 5.72. The van der Waals surface area contributed by atoms with Gasteiger partial charge in [0.1, 0.15) is 0 Å². The normalized spacial score (nSPS) is 11.7. The van der Waals surface area contributed by atoms with Gasteiger partial charge in [0.25, 0.3) is 5.91 Å². The number of esters is 1. The summed E-state index contributed by atoms with van der Waals surface area (Å²) in [6.45, 7) is 5.68. The number of rotatable bonds is 5. The van der Waals surface area contributed by atoms with Gasteiger partial charge in [0, 0.05) is 4.47 Å². The van der Waals surface area contributed by atoms with Gasteiger partial charge < -0.3 is 10.1 Å². The molecule has 0 aliphatic rings. The van der Waals surface area contributed by atoms with Crippen LogP contribution in [-0.4, -0.2) is 18.5 Å². The second-order valence-corrected chi connectivity index (χ2v) is 6.64. The Bertz CT molecular complexity index is 758. The van der Waals surface area contributed by atoms with Crippen molar-refractivity contribution in [3.05, 3.63) is 69.2 Å². The van der Waals surface area contributed by atoms with Crippen LogP contribution in [0, 0.1) is 13.8 Å². The molecule has 0 aliphatic carbocycles. The summed E-state index contributed by atoms with van der Waals surface area (Å²) in [5.41, 5.74) is 3.80. The van der Waals surface area contributed by atoms with Crippen molar-refractivity contribution < 1.29 is 14.3 Å². The van der Waals surface area contributed by atoms with Gasteiger partial charge in [0.15, 0.2) is 6.61 Å². The first-order chi connectivity index (χ1) is 11.4. The Hall–Kier alpha value is -2.14. The largest absolute Gasteiger partial charge is 0.452 e. The quantitative estimate of drug-likeness (QED) is 0.783. The van der Waals surface area contributed by atoms with Gasteiger partial charge in [-0.3, -0.25) is 4.79 Å². The van der Waals surface area contributed by atoms with Crippen molar-refractivity contribution in [2.24, 2.45) is 0 Å². The summed E-state index contributed by atoms with van der Waals surface area (Å²) in [5, 5.41) is 2.84. The molecule has 0 bridgehead atoms. The molecule has 1 N–H and O–H groups in total. The highest BCUT2D eigenvalue weighted by atomic mass is 79.9. The lowest BCUT2D eigenvalue weighted by Crippen LogP contribution is -2.31. The summed E-state index contributed by atoms with van der Waals surface area (Å²) in [6, 6.07) is 12.8. The number of halogens is 1. The lowest BCUT2D eigenvalue weighted by molar-refractivity contribution is -0.124. The Balaban J connectivity index is 1.88. The minimum atomic E-state index is -0.523. The zero-order chi connectivity index (χ0) is 17.7. The summed E-state index contributed by atoms with van der Waals surface area (Å²) >= 11 is 3.29. The van der Waals surface area contributed by atoms with Crippen LogP contribution in [0.5, 0.6) is 0 Å². The summed E-state index contributed by atoms with van der Waals surface area (Å²) in [7, 11) is 0. The number of carbonyl (C=O) groups is 2. The number of amides is 1. The first kappa shape index (κ1) is 18.2. The number of hydrogen-bond donors (Lipinski definition) is 1. The van der Waals surface area contributed by atoms with Gasteiger partial charge in [-0.15, -0.1) is 0 Å². The van der Waals surface area contributed by atoms with Gasteiger partial charge in [-0.25, -0.2) is 4.79 Å². The van der Waals surface area contributed by atoms with Crippen LogP contribution >= 0.6 is 15.9 Å². The Kier molecular flexibility index (Phi) is 6.15. The highest BCUT2D eigenvalue weighted by Crippen LogP contribution is 2.17. The minimum absolute atomic E-state index is 0.152. The monoisotopic (exact) mass is 389 g/mol. The van der Waals surface area contributed by atoms with E-state index in [0.29, 0.717) is 5.56 Å². The molecule has 0 spiro atoms. The van der Waals surface area contributed by atoms with Crippen molar-refractivity contribution in [1.82, 2.24) is 5.32 Å². The van der Waals surface area contributed by atoms with E-state index in [0.717, 1.165) is 10.0 Å². The minimum Gasteiger partial charge on any atom is -0.452 e.